The number of carbonyl (C=O) groups is 1. The molecule has 0 aromatic heterocycles. The van der Waals surface area contributed by atoms with E-state index in [-0.39, 0.29) is 12.7 Å². The van der Waals surface area contributed by atoms with Gasteiger partial charge in [-0.15, -0.1) is 0 Å². The van der Waals surface area contributed by atoms with E-state index in [2.05, 4.69) is 5.32 Å². The zero-order valence-electron chi connectivity index (χ0n) is 13.5. The maximum Gasteiger partial charge on any atom is 0.231 e. The Morgan fingerprint density at radius 1 is 1.12 bits per heavy atom. The van der Waals surface area contributed by atoms with Crippen molar-refractivity contribution in [1.82, 2.24) is 5.32 Å². The number of methoxy groups -OCH3 is 1. The number of hydrogen-bond acceptors (Lipinski definition) is 4. The van der Waals surface area contributed by atoms with Gasteiger partial charge in [0.1, 0.15) is 5.75 Å². The van der Waals surface area contributed by atoms with Crippen molar-refractivity contribution in [2.75, 3.05) is 13.9 Å². The lowest BCUT2D eigenvalue weighted by Gasteiger charge is -2.16. The van der Waals surface area contributed by atoms with Crippen molar-refractivity contribution in [2.24, 2.45) is 0 Å². The second-order valence-electron chi connectivity index (χ2n) is 6.18. The third-order valence-corrected chi connectivity index (χ3v) is 4.72. The molecule has 1 N–H and O–H groups in total. The largest absolute Gasteiger partial charge is 0.497 e. The van der Waals surface area contributed by atoms with Gasteiger partial charge in [0.2, 0.25) is 12.7 Å². The molecule has 1 saturated carbocycles. The lowest BCUT2D eigenvalue weighted by molar-refractivity contribution is -0.123. The highest BCUT2D eigenvalue weighted by Crippen LogP contribution is 2.50. The van der Waals surface area contributed by atoms with Gasteiger partial charge in [-0.05, 0) is 48.2 Å². The number of nitrogens with one attached hydrogen (secondary N) is 1. The van der Waals surface area contributed by atoms with Crippen molar-refractivity contribution in [1.29, 1.82) is 0 Å². The summed E-state index contributed by atoms with van der Waals surface area (Å²) in [5.74, 6) is 2.34. The molecule has 0 unspecified atom stereocenters. The molecule has 2 aliphatic rings. The summed E-state index contributed by atoms with van der Waals surface area (Å²) in [5, 5.41) is 3.05. The van der Waals surface area contributed by atoms with E-state index in [1.165, 1.54) is 0 Å². The summed E-state index contributed by atoms with van der Waals surface area (Å²) in [6.45, 7) is 0.755. The van der Waals surface area contributed by atoms with Crippen molar-refractivity contribution in [2.45, 2.75) is 24.8 Å². The minimum atomic E-state index is -0.423. The van der Waals surface area contributed by atoms with E-state index >= 15 is 0 Å². The number of hydrogen-bond donors (Lipinski definition) is 1. The molecule has 5 nitrogen and oxygen atoms in total. The molecule has 1 aliphatic heterocycles. The van der Waals surface area contributed by atoms with E-state index in [1.54, 1.807) is 7.11 Å². The molecule has 0 atom stereocenters. The molecular weight excluding hydrogens is 306 g/mol. The molecule has 2 aromatic rings. The van der Waals surface area contributed by atoms with E-state index in [0.29, 0.717) is 6.54 Å². The van der Waals surface area contributed by atoms with Crippen molar-refractivity contribution in [3.05, 3.63) is 53.6 Å². The van der Waals surface area contributed by atoms with Gasteiger partial charge in [0, 0.05) is 6.54 Å². The average Bonchev–Trinajstić information content (AvgIpc) is 3.31. The highest BCUT2D eigenvalue weighted by atomic mass is 16.7. The van der Waals surface area contributed by atoms with Crippen molar-refractivity contribution in [3.8, 4) is 17.2 Å². The zero-order valence-corrected chi connectivity index (χ0v) is 13.5. The summed E-state index contributed by atoms with van der Waals surface area (Å²) in [7, 11) is 1.64. The molecule has 124 valence electrons. The smallest absolute Gasteiger partial charge is 0.231 e. The average molecular weight is 325 g/mol. The molecule has 0 bridgehead atoms. The Balaban J connectivity index is 1.45. The Kier molecular flexibility index (Phi) is 3.56. The predicted molar refractivity (Wildman–Crippen MR) is 88.3 cm³/mol. The van der Waals surface area contributed by atoms with Gasteiger partial charge in [0.15, 0.2) is 11.5 Å². The normalized spacial score (nSPS) is 16.5. The molecule has 4 rings (SSSR count). The van der Waals surface area contributed by atoms with Crippen molar-refractivity contribution in [3.63, 3.8) is 0 Å². The van der Waals surface area contributed by atoms with Gasteiger partial charge >= 0.3 is 0 Å². The second kappa shape index (κ2) is 5.74. The first-order valence-corrected chi connectivity index (χ1v) is 8.03. The van der Waals surface area contributed by atoms with Gasteiger partial charge in [0.25, 0.3) is 0 Å². The Morgan fingerprint density at radius 3 is 2.58 bits per heavy atom. The van der Waals surface area contributed by atoms with Crippen LogP contribution >= 0.6 is 0 Å². The van der Waals surface area contributed by atoms with Crippen LogP contribution < -0.4 is 19.5 Å². The fourth-order valence-electron chi connectivity index (χ4n) is 3.06. The minimum absolute atomic E-state index is 0.0668. The van der Waals surface area contributed by atoms with E-state index in [9.17, 15) is 4.79 Å². The third kappa shape index (κ3) is 2.56. The standard InChI is InChI=1S/C19H19NO4/c1-22-15-5-2-13(3-6-15)11-20-18(21)19(8-9-19)14-4-7-16-17(10-14)24-12-23-16/h2-7,10H,8-9,11-12H2,1H3,(H,20,21). The van der Waals surface area contributed by atoms with Crippen molar-refractivity contribution >= 4 is 5.91 Å². The van der Waals surface area contributed by atoms with Crippen LogP contribution in [0.25, 0.3) is 0 Å². The number of rotatable bonds is 5. The van der Waals surface area contributed by atoms with Gasteiger partial charge in [-0.2, -0.15) is 0 Å². The van der Waals surface area contributed by atoms with Gasteiger partial charge < -0.3 is 19.5 Å². The molecule has 1 amide bonds. The van der Waals surface area contributed by atoms with Crippen LogP contribution in [-0.4, -0.2) is 19.8 Å². The number of fused-ring (bicyclic) bond motifs is 1. The van der Waals surface area contributed by atoms with Crippen LogP contribution in [0.2, 0.25) is 0 Å². The van der Waals surface area contributed by atoms with E-state index < -0.39 is 5.41 Å². The lowest BCUT2D eigenvalue weighted by atomic mass is 9.94. The summed E-state index contributed by atoms with van der Waals surface area (Å²) in [4.78, 5) is 12.7. The van der Waals surface area contributed by atoms with Gasteiger partial charge in [-0.25, -0.2) is 0 Å². The molecule has 0 radical (unpaired) electrons. The monoisotopic (exact) mass is 325 g/mol. The van der Waals surface area contributed by atoms with Gasteiger partial charge in [-0.1, -0.05) is 18.2 Å². The first kappa shape index (κ1) is 14.9. The number of carbonyl (C=O) groups excluding carboxylic acids is 1. The fourth-order valence-corrected chi connectivity index (χ4v) is 3.06. The lowest BCUT2D eigenvalue weighted by Crippen LogP contribution is -2.34. The van der Waals surface area contributed by atoms with Gasteiger partial charge in [-0.3, -0.25) is 4.79 Å². The quantitative estimate of drug-likeness (QED) is 0.918. The summed E-state index contributed by atoms with van der Waals surface area (Å²) >= 11 is 0. The summed E-state index contributed by atoms with van der Waals surface area (Å²) in [6.07, 6.45) is 1.72. The summed E-state index contributed by atoms with van der Waals surface area (Å²) in [6, 6.07) is 13.5. The molecule has 24 heavy (non-hydrogen) atoms. The minimum Gasteiger partial charge on any atom is -0.497 e. The van der Waals surface area contributed by atoms with Crippen LogP contribution in [0.5, 0.6) is 17.2 Å². The number of amides is 1. The van der Waals surface area contributed by atoms with Crippen LogP contribution in [0.4, 0.5) is 0 Å². The Labute approximate surface area is 140 Å². The van der Waals surface area contributed by atoms with Crippen LogP contribution in [0.1, 0.15) is 24.0 Å². The molecular formula is C19H19NO4. The van der Waals surface area contributed by atoms with Crippen LogP contribution in [-0.2, 0) is 16.8 Å². The van der Waals surface area contributed by atoms with Crippen molar-refractivity contribution < 1.29 is 19.0 Å². The SMILES string of the molecule is COc1ccc(CNC(=O)C2(c3ccc4c(c3)OCO4)CC2)cc1. The molecule has 1 aliphatic carbocycles. The molecule has 1 fully saturated rings. The van der Waals surface area contributed by atoms with Crippen LogP contribution in [0, 0.1) is 0 Å². The molecule has 1 heterocycles. The highest BCUT2D eigenvalue weighted by Gasteiger charge is 2.51. The Morgan fingerprint density at radius 2 is 1.88 bits per heavy atom. The second-order valence-corrected chi connectivity index (χ2v) is 6.18. The van der Waals surface area contributed by atoms with Crippen LogP contribution in [0.15, 0.2) is 42.5 Å². The molecule has 0 spiro atoms. The third-order valence-electron chi connectivity index (χ3n) is 4.72. The van der Waals surface area contributed by atoms with Gasteiger partial charge in [0.05, 0.1) is 12.5 Å². The topological polar surface area (TPSA) is 56.8 Å². The molecule has 2 aromatic carbocycles. The van der Waals surface area contributed by atoms with E-state index in [1.807, 2.05) is 42.5 Å². The molecule has 0 saturated heterocycles. The Bertz CT molecular complexity index is 765. The fraction of sp³-hybridized carbons (Fsp3) is 0.316. The van der Waals surface area contributed by atoms with Crippen LogP contribution in [0.3, 0.4) is 0 Å². The van der Waals surface area contributed by atoms with E-state index in [4.69, 9.17) is 14.2 Å². The highest BCUT2D eigenvalue weighted by molar-refractivity contribution is 5.91. The maximum atomic E-state index is 12.7. The first-order valence-electron chi connectivity index (χ1n) is 8.03. The number of benzene rings is 2. The zero-order chi connectivity index (χ0) is 16.6. The predicted octanol–water partition coefficient (Wildman–Crippen LogP) is 2.77. The van der Waals surface area contributed by atoms with E-state index in [0.717, 1.165) is 41.2 Å². The molecule has 5 heteroatoms. The summed E-state index contributed by atoms with van der Waals surface area (Å²) < 4.78 is 15.9. The first-order chi connectivity index (χ1) is 11.7. The number of ether oxygens (including phenoxy) is 3. The Hall–Kier alpha value is -2.69. The summed E-state index contributed by atoms with van der Waals surface area (Å²) in [5.41, 5.74) is 1.62. The maximum absolute atomic E-state index is 12.7.